The fraction of sp³-hybridized carbons (Fsp3) is 0.588. The van der Waals surface area contributed by atoms with Crippen molar-refractivity contribution in [3.05, 3.63) is 24.3 Å². The first-order valence-corrected chi connectivity index (χ1v) is 10.7. The molecule has 1 saturated carbocycles. The van der Waals surface area contributed by atoms with Crippen LogP contribution >= 0.6 is 0 Å². The number of rotatable bonds is 6. The molecular formula is C17H23N5O3S. The number of fused-ring (bicyclic) bond motifs is 3. The van der Waals surface area contributed by atoms with E-state index in [0.717, 1.165) is 35.5 Å². The van der Waals surface area contributed by atoms with Gasteiger partial charge in [0.2, 0.25) is 0 Å². The molecule has 1 aliphatic rings. The number of aromatic nitrogens is 5. The minimum atomic E-state index is -3.09. The molecule has 4 rings (SSSR count). The predicted molar refractivity (Wildman–Crippen MR) is 97.8 cm³/mol. The molecule has 0 unspecified atom stereocenters. The van der Waals surface area contributed by atoms with Crippen LogP contribution in [0.5, 0.6) is 0 Å². The van der Waals surface area contributed by atoms with Gasteiger partial charge in [-0.25, -0.2) is 13.4 Å². The average molecular weight is 377 g/mol. The summed E-state index contributed by atoms with van der Waals surface area (Å²) >= 11 is 0. The lowest BCUT2D eigenvalue weighted by atomic mass is 9.97. The number of hydrogen-bond acceptors (Lipinski definition) is 6. The Kier molecular flexibility index (Phi) is 4.44. The Hall–Kier alpha value is -2.00. The highest BCUT2D eigenvalue weighted by molar-refractivity contribution is 7.91. The van der Waals surface area contributed by atoms with Crippen molar-refractivity contribution in [3.63, 3.8) is 0 Å². The van der Waals surface area contributed by atoms with E-state index in [1.165, 1.54) is 7.11 Å². The molecule has 0 bridgehead atoms. The highest BCUT2D eigenvalue weighted by atomic mass is 32.2. The monoisotopic (exact) mass is 377 g/mol. The van der Waals surface area contributed by atoms with Crippen LogP contribution in [-0.2, 0) is 14.6 Å². The van der Waals surface area contributed by atoms with Gasteiger partial charge in [0.25, 0.3) is 0 Å². The maximum atomic E-state index is 12.3. The van der Waals surface area contributed by atoms with Gasteiger partial charge < -0.3 is 9.72 Å². The molecule has 3 aromatic rings. The van der Waals surface area contributed by atoms with E-state index in [2.05, 4.69) is 27.1 Å². The van der Waals surface area contributed by atoms with E-state index in [1.807, 2.05) is 16.7 Å². The zero-order valence-electron chi connectivity index (χ0n) is 14.9. The standard InChI is InChI=1S/C17H23N5O3S/c1-11-7-12(10-26(23,24)6-5-25-2)8-13(11)17-21-20-15-9-19-16-14(22(15)17)3-4-18-16/h3-4,9,11-13,18H,5-8,10H2,1-2H3/t11-,12+,13+/m1/s1. The van der Waals surface area contributed by atoms with Gasteiger partial charge in [-0.05, 0) is 30.7 Å². The summed E-state index contributed by atoms with van der Waals surface area (Å²) in [6.07, 6.45) is 5.25. The zero-order chi connectivity index (χ0) is 18.3. The van der Waals surface area contributed by atoms with Crippen molar-refractivity contribution in [1.82, 2.24) is 24.6 Å². The van der Waals surface area contributed by atoms with Crippen molar-refractivity contribution in [2.75, 3.05) is 25.2 Å². The normalized spacial score (nSPS) is 24.0. The number of aromatic amines is 1. The van der Waals surface area contributed by atoms with Crippen molar-refractivity contribution in [3.8, 4) is 0 Å². The molecule has 0 radical (unpaired) electrons. The molecule has 9 heteroatoms. The summed E-state index contributed by atoms with van der Waals surface area (Å²) in [6, 6.07) is 1.97. The maximum Gasteiger partial charge on any atom is 0.179 e. The van der Waals surface area contributed by atoms with Gasteiger partial charge in [-0.2, -0.15) is 0 Å². The quantitative estimate of drug-likeness (QED) is 0.703. The molecule has 0 spiro atoms. The van der Waals surface area contributed by atoms with Crippen LogP contribution < -0.4 is 0 Å². The van der Waals surface area contributed by atoms with Gasteiger partial charge in [-0.1, -0.05) is 6.92 Å². The highest BCUT2D eigenvalue weighted by Crippen LogP contribution is 2.43. The van der Waals surface area contributed by atoms with E-state index in [1.54, 1.807) is 6.20 Å². The van der Waals surface area contributed by atoms with E-state index in [4.69, 9.17) is 4.74 Å². The second-order valence-corrected chi connectivity index (χ2v) is 9.48. The first-order valence-electron chi connectivity index (χ1n) is 8.85. The minimum Gasteiger partial charge on any atom is -0.384 e. The van der Waals surface area contributed by atoms with Crippen molar-refractivity contribution in [1.29, 1.82) is 0 Å². The lowest BCUT2D eigenvalue weighted by molar-refractivity contribution is 0.217. The van der Waals surface area contributed by atoms with Crippen LogP contribution in [-0.4, -0.2) is 58.2 Å². The van der Waals surface area contributed by atoms with Gasteiger partial charge in [0.15, 0.2) is 21.1 Å². The van der Waals surface area contributed by atoms with E-state index in [9.17, 15) is 8.42 Å². The molecule has 3 aromatic heterocycles. The molecular weight excluding hydrogens is 354 g/mol. The van der Waals surface area contributed by atoms with Crippen LogP contribution in [0.3, 0.4) is 0 Å². The fourth-order valence-electron chi connectivity index (χ4n) is 4.16. The molecule has 1 N–H and O–H groups in total. The van der Waals surface area contributed by atoms with Crippen LogP contribution in [0.4, 0.5) is 0 Å². The summed E-state index contributed by atoms with van der Waals surface area (Å²) in [4.78, 5) is 7.46. The molecule has 0 aromatic carbocycles. The number of hydrogen-bond donors (Lipinski definition) is 1. The highest BCUT2D eigenvalue weighted by Gasteiger charge is 2.37. The molecule has 1 fully saturated rings. The van der Waals surface area contributed by atoms with Gasteiger partial charge in [-0.15, -0.1) is 10.2 Å². The number of ether oxygens (including phenoxy) is 1. The molecule has 0 aliphatic heterocycles. The zero-order valence-corrected chi connectivity index (χ0v) is 15.7. The number of methoxy groups -OCH3 is 1. The Bertz CT molecular complexity index is 1030. The first-order chi connectivity index (χ1) is 12.5. The summed E-state index contributed by atoms with van der Waals surface area (Å²) in [6.45, 7) is 2.42. The maximum absolute atomic E-state index is 12.3. The summed E-state index contributed by atoms with van der Waals surface area (Å²) in [7, 11) is -1.57. The molecule has 3 heterocycles. The largest absolute Gasteiger partial charge is 0.384 e. The third-order valence-electron chi connectivity index (χ3n) is 5.37. The van der Waals surface area contributed by atoms with Gasteiger partial charge in [-0.3, -0.25) is 4.40 Å². The first kappa shape index (κ1) is 17.4. The van der Waals surface area contributed by atoms with Crippen LogP contribution in [0.15, 0.2) is 18.5 Å². The second kappa shape index (κ2) is 6.62. The van der Waals surface area contributed by atoms with Gasteiger partial charge >= 0.3 is 0 Å². The lowest BCUT2D eigenvalue weighted by Crippen LogP contribution is -2.20. The Morgan fingerprint density at radius 2 is 2.19 bits per heavy atom. The average Bonchev–Trinajstić information content (AvgIpc) is 3.29. The molecule has 8 nitrogen and oxygen atoms in total. The van der Waals surface area contributed by atoms with Crippen molar-refractivity contribution < 1.29 is 13.2 Å². The van der Waals surface area contributed by atoms with E-state index in [0.29, 0.717) is 5.92 Å². The third kappa shape index (κ3) is 3.09. The second-order valence-electron chi connectivity index (χ2n) is 7.25. The molecule has 140 valence electrons. The predicted octanol–water partition coefficient (Wildman–Crippen LogP) is 1.80. The molecule has 26 heavy (non-hydrogen) atoms. The molecule has 0 saturated heterocycles. The lowest BCUT2D eigenvalue weighted by Gasteiger charge is -2.13. The number of sulfone groups is 1. The summed E-state index contributed by atoms with van der Waals surface area (Å²) < 4.78 is 31.5. The topological polar surface area (TPSA) is 102 Å². The van der Waals surface area contributed by atoms with Gasteiger partial charge in [0, 0.05) is 19.2 Å². The minimum absolute atomic E-state index is 0.0859. The van der Waals surface area contributed by atoms with E-state index in [-0.39, 0.29) is 29.9 Å². The summed E-state index contributed by atoms with van der Waals surface area (Å²) in [5, 5.41) is 8.70. The SMILES string of the molecule is COCCS(=O)(=O)C[C@H]1C[C@@H](C)[C@@H](c2nnc3cnc4[nH]ccc4n23)C1. The Balaban J connectivity index is 1.61. The van der Waals surface area contributed by atoms with Crippen molar-refractivity contribution in [2.24, 2.45) is 11.8 Å². The summed E-state index contributed by atoms with van der Waals surface area (Å²) in [5.74, 6) is 1.89. The van der Waals surface area contributed by atoms with Gasteiger partial charge in [0.05, 0.1) is 29.8 Å². The Morgan fingerprint density at radius 3 is 3.00 bits per heavy atom. The van der Waals surface area contributed by atoms with Crippen LogP contribution in [0.2, 0.25) is 0 Å². The smallest absolute Gasteiger partial charge is 0.179 e. The van der Waals surface area contributed by atoms with Crippen molar-refractivity contribution >= 4 is 26.6 Å². The summed E-state index contributed by atoms with van der Waals surface area (Å²) in [5.41, 5.74) is 2.46. The third-order valence-corrected chi connectivity index (χ3v) is 7.13. The van der Waals surface area contributed by atoms with Gasteiger partial charge in [0.1, 0.15) is 5.82 Å². The fourth-order valence-corrected chi connectivity index (χ4v) is 5.74. The van der Waals surface area contributed by atoms with Crippen molar-refractivity contribution in [2.45, 2.75) is 25.7 Å². The number of nitrogens with one attached hydrogen (secondary N) is 1. The van der Waals surface area contributed by atoms with Crippen LogP contribution in [0.1, 0.15) is 31.5 Å². The van der Waals surface area contributed by atoms with E-state index < -0.39 is 9.84 Å². The molecule has 0 amide bonds. The number of H-pyrrole nitrogens is 1. The molecule has 1 aliphatic carbocycles. The Labute approximate surface area is 151 Å². The number of nitrogens with zero attached hydrogens (tertiary/aromatic N) is 4. The van der Waals surface area contributed by atoms with Crippen LogP contribution in [0, 0.1) is 11.8 Å². The van der Waals surface area contributed by atoms with Crippen LogP contribution in [0.25, 0.3) is 16.8 Å². The Morgan fingerprint density at radius 1 is 1.35 bits per heavy atom. The van der Waals surface area contributed by atoms with E-state index >= 15 is 0 Å². The molecule has 3 atom stereocenters.